The Balaban J connectivity index is 1.66. The molecule has 2 aliphatic heterocycles. The molecule has 2 aromatic carbocycles. The van der Waals surface area contributed by atoms with Crippen molar-refractivity contribution in [2.24, 2.45) is 11.8 Å². The molecule has 0 radical (unpaired) electrons. The number of piperidine rings is 1. The van der Waals surface area contributed by atoms with Crippen LogP contribution >= 0.6 is 11.6 Å². The number of amides is 2. The number of likely N-dealkylation sites (tertiary alicyclic amines) is 1. The first-order chi connectivity index (χ1) is 14.8. The van der Waals surface area contributed by atoms with Crippen molar-refractivity contribution in [3.8, 4) is 0 Å². The largest absolute Gasteiger partial charge is 0.366 e. The molecule has 4 rings (SSSR count). The second kappa shape index (κ2) is 8.83. The summed E-state index contributed by atoms with van der Waals surface area (Å²) in [6, 6.07) is 13.2. The maximum Gasteiger partial charge on any atom is 0.277 e. The molecule has 2 aromatic rings. The van der Waals surface area contributed by atoms with Crippen LogP contribution in [0.5, 0.6) is 0 Å². The number of nitrogens with zero attached hydrogens (tertiary/aromatic N) is 2. The lowest BCUT2D eigenvalue weighted by atomic mass is 9.91. The third-order valence-electron chi connectivity index (χ3n) is 6.00. The predicted octanol–water partition coefficient (Wildman–Crippen LogP) is 4.78. The summed E-state index contributed by atoms with van der Waals surface area (Å²) in [4.78, 5) is 30.3. The third-order valence-corrected chi connectivity index (χ3v) is 6.25. The molecular weight excluding hydrogens is 415 g/mol. The number of hydrogen-bond acceptors (Lipinski definition) is 3. The van der Waals surface area contributed by atoms with E-state index in [2.05, 4.69) is 18.7 Å². The lowest BCUT2D eigenvalue weighted by Gasteiger charge is -2.37. The number of halogens is 2. The molecule has 162 valence electrons. The molecular formula is C25H26ClFN2O2. The molecule has 0 saturated carbocycles. The van der Waals surface area contributed by atoms with E-state index in [0.29, 0.717) is 40.1 Å². The van der Waals surface area contributed by atoms with E-state index in [0.717, 1.165) is 25.1 Å². The normalized spacial score (nSPS) is 21.9. The van der Waals surface area contributed by atoms with E-state index in [1.807, 2.05) is 0 Å². The zero-order valence-electron chi connectivity index (χ0n) is 17.8. The highest BCUT2D eigenvalue weighted by atomic mass is 35.5. The lowest BCUT2D eigenvalue weighted by molar-refractivity contribution is -0.137. The molecule has 1 saturated heterocycles. The molecule has 0 aliphatic carbocycles. The summed E-state index contributed by atoms with van der Waals surface area (Å²) in [7, 11) is 0. The minimum Gasteiger partial charge on any atom is -0.366 e. The summed E-state index contributed by atoms with van der Waals surface area (Å²) in [5, 5.41) is 0.580. The van der Waals surface area contributed by atoms with Crippen molar-refractivity contribution in [1.82, 2.24) is 9.80 Å². The Kier molecular flexibility index (Phi) is 6.15. The van der Waals surface area contributed by atoms with Gasteiger partial charge in [-0.15, -0.1) is 0 Å². The summed E-state index contributed by atoms with van der Waals surface area (Å²) in [6.45, 7) is 6.11. The van der Waals surface area contributed by atoms with Crippen LogP contribution in [-0.4, -0.2) is 41.2 Å². The Hall–Kier alpha value is -2.66. The number of carbonyl (C=O) groups excluding carboxylic acids is 2. The van der Waals surface area contributed by atoms with Crippen LogP contribution < -0.4 is 0 Å². The Morgan fingerprint density at radius 1 is 0.935 bits per heavy atom. The number of carbonyl (C=O) groups is 2. The van der Waals surface area contributed by atoms with Gasteiger partial charge in [-0.05, 0) is 60.1 Å². The van der Waals surface area contributed by atoms with E-state index < -0.39 is 0 Å². The van der Waals surface area contributed by atoms with Crippen molar-refractivity contribution in [1.29, 1.82) is 0 Å². The van der Waals surface area contributed by atoms with E-state index in [4.69, 9.17) is 11.6 Å². The van der Waals surface area contributed by atoms with Crippen LogP contribution in [-0.2, 0) is 16.0 Å². The average Bonchev–Trinajstić information content (AvgIpc) is 2.97. The van der Waals surface area contributed by atoms with Crippen LogP contribution in [0.2, 0.25) is 5.02 Å². The second-order valence-corrected chi connectivity index (χ2v) is 9.16. The van der Waals surface area contributed by atoms with Gasteiger partial charge in [-0.2, -0.15) is 0 Å². The highest BCUT2D eigenvalue weighted by Crippen LogP contribution is 2.35. The van der Waals surface area contributed by atoms with Crippen LogP contribution in [0.1, 0.15) is 31.4 Å². The molecule has 0 aromatic heterocycles. The second-order valence-electron chi connectivity index (χ2n) is 8.72. The summed E-state index contributed by atoms with van der Waals surface area (Å²) in [5.74, 6) is 0.0471. The summed E-state index contributed by atoms with van der Waals surface area (Å²) >= 11 is 6.05. The molecule has 6 heteroatoms. The van der Waals surface area contributed by atoms with E-state index in [9.17, 15) is 14.0 Å². The Bertz CT molecular complexity index is 1010. The fourth-order valence-electron chi connectivity index (χ4n) is 4.67. The minimum atomic E-state index is -0.306. The summed E-state index contributed by atoms with van der Waals surface area (Å²) in [6.07, 6.45) is 1.59. The summed E-state index contributed by atoms with van der Waals surface area (Å²) in [5.41, 5.74) is 2.52. The molecule has 1 fully saturated rings. The molecule has 0 N–H and O–H groups in total. The first-order valence-corrected chi connectivity index (χ1v) is 11.1. The quantitative estimate of drug-likeness (QED) is 0.628. The first kappa shape index (κ1) is 21.6. The molecule has 31 heavy (non-hydrogen) atoms. The fourth-order valence-corrected chi connectivity index (χ4v) is 4.80. The van der Waals surface area contributed by atoms with E-state index >= 15 is 0 Å². The molecule has 4 nitrogen and oxygen atoms in total. The molecule has 2 amide bonds. The number of hydrogen-bond donors (Lipinski definition) is 0. The van der Waals surface area contributed by atoms with Gasteiger partial charge in [0.2, 0.25) is 0 Å². The minimum absolute atomic E-state index is 0.252. The number of benzene rings is 2. The fraction of sp³-hybridized carbons (Fsp3) is 0.360. The first-order valence-electron chi connectivity index (χ1n) is 10.7. The highest BCUT2D eigenvalue weighted by molar-refractivity contribution is 6.36. The van der Waals surface area contributed by atoms with Crippen molar-refractivity contribution in [3.63, 3.8) is 0 Å². The highest BCUT2D eigenvalue weighted by Gasteiger charge is 2.42. The van der Waals surface area contributed by atoms with Crippen molar-refractivity contribution in [2.45, 2.75) is 26.7 Å². The third kappa shape index (κ3) is 4.52. The molecule has 2 heterocycles. The van der Waals surface area contributed by atoms with Crippen molar-refractivity contribution in [2.75, 3.05) is 19.6 Å². The van der Waals surface area contributed by atoms with Crippen LogP contribution in [0.3, 0.4) is 0 Å². The van der Waals surface area contributed by atoms with Crippen molar-refractivity contribution >= 4 is 29.0 Å². The molecule has 0 bridgehead atoms. The zero-order valence-corrected chi connectivity index (χ0v) is 18.5. The topological polar surface area (TPSA) is 40.6 Å². The zero-order chi connectivity index (χ0) is 22.1. The SMILES string of the molecule is CC1CC(C)CN(C2=C(c3ccc(Cl)cc3)C(=O)N(CCc3ccc(F)cc3)C2=O)C1. The van der Waals surface area contributed by atoms with Gasteiger partial charge in [-0.3, -0.25) is 14.5 Å². The van der Waals surface area contributed by atoms with E-state index in [1.165, 1.54) is 17.0 Å². The van der Waals surface area contributed by atoms with Crippen LogP contribution in [0.25, 0.3) is 5.57 Å². The Labute approximate surface area is 187 Å². The molecule has 0 spiro atoms. The van der Waals surface area contributed by atoms with Gasteiger partial charge in [0.1, 0.15) is 11.5 Å². The summed E-state index contributed by atoms with van der Waals surface area (Å²) < 4.78 is 13.2. The van der Waals surface area contributed by atoms with E-state index in [-0.39, 0.29) is 24.2 Å². The van der Waals surface area contributed by atoms with Gasteiger partial charge < -0.3 is 4.90 Å². The van der Waals surface area contributed by atoms with Gasteiger partial charge in [-0.1, -0.05) is 49.7 Å². The average molecular weight is 441 g/mol. The van der Waals surface area contributed by atoms with Crippen LogP contribution in [0.4, 0.5) is 4.39 Å². The maximum atomic E-state index is 13.5. The Morgan fingerprint density at radius 2 is 1.55 bits per heavy atom. The van der Waals surface area contributed by atoms with Gasteiger partial charge in [0, 0.05) is 24.7 Å². The van der Waals surface area contributed by atoms with Crippen molar-refractivity contribution in [3.05, 3.63) is 76.2 Å². The molecule has 2 aliphatic rings. The van der Waals surface area contributed by atoms with Crippen LogP contribution in [0.15, 0.2) is 54.2 Å². The van der Waals surface area contributed by atoms with E-state index in [1.54, 1.807) is 36.4 Å². The van der Waals surface area contributed by atoms with Gasteiger partial charge >= 0.3 is 0 Å². The lowest BCUT2D eigenvalue weighted by Crippen LogP contribution is -2.42. The van der Waals surface area contributed by atoms with Gasteiger partial charge in [0.15, 0.2) is 0 Å². The van der Waals surface area contributed by atoms with Crippen molar-refractivity contribution < 1.29 is 14.0 Å². The van der Waals surface area contributed by atoms with Gasteiger partial charge in [-0.25, -0.2) is 4.39 Å². The predicted molar refractivity (Wildman–Crippen MR) is 120 cm³/mol. The number of imide groups is 1. The number of rotatable bonds is 5. The molecule has 2 atom stereocenters. The van der Waals surface area contributed by atoms with Gasteiger partial charge in [0.05, 0.1) is 5.57 Å². The van der Waals surface area contributed by atoms with Crippen LogP contribution in [0, 0.1) is 17.7 Å². The Morgan fingerprint density at radius 3 is 2.16 bits per heavy atom. The smallest absolute Gasteiger partial charge is 0.277 e. The molecule has 2 unspecified atom stereocenters. The van der Waals surface area contributed by atoms with Gasteiger partial charge in [0.25, 0.3) is 11.8 Å². The monoisotopic (exact) mass is 440 g/mol. The maximum absolute atomic E-state index is 13.5. The standard InChI is InChI=1S/C25H26ClFN2O2/c1-16-13-17(2)15-28(14-16)23-22(19-5-7-20(26)8-6-19)24(30)29(25(23)31)12-11-18-3-9-21(27)10-4-18/h3-10,16-17H,11-15H2,1-2H3.